The van der Waals surface area contributed by atoms with Crippen LogP contribution in [0.5, 0.6) is 0 Å². The van der Waals surface area contributed by atoms with Crippen LogP contribution in [0.1, 0.15) is 45.1 Å². The van der Waals surface area contributed by atoms with Gasteiger partial charge < -0.3 is 19.6 Å². The van der Waals surface area contributed by atoms with E-state index >= 15 is 0 Å². The van der Waals surface area contributed by atoms with Crippen LogP contribution in [0.2, 0.25) is 5.02 Å². The molecule has 1 aromatic carbocycles. The minimum atomic E-state index is -0.980. The molecule has 0 aliphatic carbocycles. The number of ether oxygens (including phenoxy) is 1. The molecule has 4 aliphatic rings. The Labute approximate surface area is 239 Å². The Bertz CT molecular complexity index is 1180. The number of carbonyl (C=O) groups is 3. The van der Waals surface area contributed by atoms with E-state index in [1.807, 2.05) is 51.1 Å². The number of amides is 2. The first-order valence-corrected chi connectivity index (χ1v) is 15.2. The van der Waals surface area contributed by atoms with E-state index in [0.29, 0.717) is 23.9 Å². The first kappa shape index (κ1) is 28.2. The highest BCUT2D eigenvalue weighted by Crippen LogP contribution is 2.61. The number of aliphatic hydroxyl groups excluding tert-OH is 1. The number of hydrogen-bond acceptors (Lipinski definition) is 6. The Hall–Kier alpha value is -2.29. The first-order valence-electron chi connectivity index (χ1n) is 13.9. The number of allylic oxidation sites excluding steroid dienone is 1. The van der Waals surface area contributed by atoms with E-state index in [0.717, 1.165) is 31.2 Å². The smallest absolute Gasteiger partial charge is 0.311 e. The number of thioether (sulfide) groups is 1. The lowest BCUT2D eigenvalue weighted by Gasteiger charge is -2.40. The minimum Gasteiger partial charge on any atom is -0.465 e. The van der Waals surface area contributed by atoms with Crippen LogP contribution in [-0.2, 0) is 19.1 Å². The maximum atomic E-state index is 14.7. The van der Waals surface area contributed by atoms with E-state index < -0.39 is 28.7 Å². The van der Waals surface area contributed by atoms with Crippen LogP contribution in [-0.4, -0.2) is 69.6 Å². The Morgan fingerprint density at radius 1 is 1.21 bits per heavy atom. The molecular weight excluding hydrogens is 536 g/mol. The number of para-hydroxylation sites is 1. The van der Waals surface area contributed by atoms with Crippen molar-refractivity contribution in [3.63, 3.8) is 0 Å². The van der Waals surface area contributed by atoms with Gasteiger partial charge in [-0.3, -0.25) is 14.4 Å². The number of nitrogens with zero attached hydrogens (tertiary/aromatic N) is 2. The van der Waals surface area contributed by atoms with Crippen molar-refractivity contribution in [3.05, 3.63) is 53.1 Å². The van der Waals surface area contributed by atoms with Gasteiger partial charge in [0.25, 0.3) is 5.91 Å². The fraction of sp³-hybridized carbons (Fsp3) is 0.567. The Morgan fingerprint density at radius 3 is 2.72 bits per heavy atom. The second-order valence-electron chi connectivity index (χ2n) is 11.1. The van der Waals surface area contributed by atoms with Crippen LogP contribution in [0.4, 0.5) is 5.69 Å². The van der Waals surface area contributed by atoms with Gasteiger partial charge in [-0.2, -0.15) is 0 Å². The van der Waals surface area contributed by atoms with Crippen molar-refractivity contribution >= 4 is 46.8 Å². The molecule has 0 aromatic heterocycles. The predicted molar refractivity (Wildman–Crippen MR) is 154 cm³/mol. The highest BCUT2D eigenvalue weighted by atomic mass is 35.5. The zero-order valence-corrected chi connectivity index (χ0v) is 24.3. The minimum absolute atomic E-state index is 0.0537. The van der Waals surface area contributed by atoms with Gasteiger partial charge in [0.1, 0.15) is 6.04 Å². The summed E-state index contributed by atoms with van der Waals surface area (Å²) in [5, 5.41) is 10.7. The Balaban J connectivity index is 1.68. The molecule has 2 saturated heterocycles. The number of carbonyl (C=O) groups excluding carboxylic acids is 3. The monoisotopic (exact) mass is 572 g/mol. The van der Waals surface area contributed by atoms with Crippen LogP contribution in [0, 0.1) is 24.7 Å². The Kier molecular flexibility index (Phi) is 8.18. The molecule has 5 rings (SSSR count). The zero-order chi connectivity index (χ0) is 27.9. The van der Waals surface area contributed by atoms with Crippen LogP contribution in [0.3, 0.4) is 0 Å². The molecular formula is C30H37ClN2O5S. The molecule has 9 heteroatoms. The van der Waals surface area contributed by atoms with Gasteiger partial charge in [-0.15, -0.1) is 11.8 Å². The van der Waals surface area contributed by atoms with Gasteiger partial charge in [0, 0.05) is 11.8 Å². The molecule has 1 aromatic rings. The lowest BCUT2D eigenvalue weighted by atomic mass is 9.78. The van der Waals surface area contributed by atoms with Crippen LogP contribution >= 0.6 is 23.4 Å². The van der Waals surface area contributed by atoms with Crippen LogP contribution < -0.4 is 4.90 Å². The molecule has 1 spiro atoms. The standard InChI is InChI=1S/C30H37ClN2O5S/c1-4-18(2)21(17-34)33-26-28(36)32(25-19(3)11-9-12-20(25)31)15-10-14-30(26)24(27(33)35)23-22(39-30)13-7-5-6-8-16-38-29(23)37/h7,9-14,18,21-24,26,34H,4-6,8,15-17H2,1-3H3/b13-7-/t18-,21-,22+,23-,24-,26?,30-/m0/s1. The van der Waals surface area contributed by atoms with Crippen LogP contribution in [0.15, 0.2) is 42.5 Å². The van der Waals surface area contributed by atoms with Gasteiger partial charge in [-0.1, -0.05) is 68.3 Å². The summed E-state index contributed by atoms with van der Waals surface area (Å²) in [5.41, 5.74) is 1.47. The summed E-state index contributed by atoms with van der Waals surface area (Å²) in [7, 11) is 0. The number of cyclic esters (lactones) is 1. The van der Waals surface area contributed by atoms with Crippen molar-refractivity contribution < 1.29 is 24.2 Å². The SMILES string of the molecule is CC[C@H](C)[C@H](CO)N1C(=O)[C@@H]2[C@H]3C(=O)OCCCC/C=C\[C@H]3S[C@@]23C=CCN(c2c(C)cccc2Cl)C(=O)C13. The molecule has 4 aliphatic heterocycles. The van der Waals surface area contributed by atoms with Gasteiger partial charge in [0.15, 0.2) is 0 Å². The van der Waals surface area contributed by atoms with E-state index in [4.69, 9.17) is 16.3 Å². The molecule has 1 N–H and O–H groups in total. The van der Waals surface area contributed by atoms with Gasteiger partial charge in [-0.25, -0.2) is 0 Å². The third-order valence-corrected chi connectivity index (χ3v) is 10.9. The van der Waals surface area contributed by atoms with Crippen molar-refractivity contribution in [2.75, 3.05) is 24.7 Å². The zero-order valence-electron chi connectivity index (χ0n) is 22.7. The lowest BCUT2D eigenvalue weighted by Crippen LogP contribution is -2.58. The summed E-state index contributed by atoms with van der Waals surface area (Å²) in [5.74, 6) is -2.45. The maximum absolute atomic E-state index is 14.7. The molecule has 0 radical (unpaired) electrons. The lowest BCUT2D eigenvalue weighted by molar-refractivity contribution is -0.153. The van der Waals surface area contributed by atoms with Crippen molar-refractivity contribution in [1.29, 1.82) is 0 Å². The summed E-state index contributed by atoms with van der Waals surface area (Å²) < 4.78 is 4.71. The van der Waals surface area contributed by atoms with E-state index in [2.05, 4.69) is 6.08 Å². The summed E-state index contributed by atoms with van der Waals surface area (Å²) in [6, 6.07) is 4.05. The molecule has 7 nitrogen and oxygen atoms in total. The highest BCUT2D eigenvalue weighted by Gasteiger charge is 2.72. The molecule has 0 saturated carbocycles. The Morgan fingerprint density at radius 2 is 2.00 bits per heavy atom. The molecule has 2 amide bonds. The fourth-order valence-electron chi connectivity index (χ4n) is 6.69. The number of esters is 1. The number of likely N-dealkylation sites (tertiary alicyclic amines) is 1. The average molecular weight is 573 g/mol. The van der Waals surface area contributed by atoms with Crippen molar-refractivity contribution in [1.82, 2.24) is 4.90 Å². The summed E-state index contributed by atoms with van der Waals surface area (Å²) in [6.45, 7) is 6.24. The quantitative estimate of drug-likeness (QED) is 0.412. The average Bonchev–Trinajstić information content (AvgIpc) is 3.30. The number of fused-ring (bicyclic) bond motifs is 2. The third-order valence-electron chi connectivity index (χ3n) is 8.84. The summed E-state index contributed by atoms with van der Waals surface area (Å²) in [6.07, 6.45) is 11.3. The summed E-state index contributed by atoms with van der Waals surface area (Å²) >= 11 is 8.15. The van der Waals surface area contributed by atoms with Crippen molar-refractivity contribution in [3.8, 4) is 0 Å². The van der Waals surface area contributed by atoms with E-state index in [1.54, 1.807) is 15.9 Å². The number of benzene rings is 1. The van der Waals surface area contributed by atoms with E-state index in [1.165, 1.54) is 11.8 Å². The molecule has 4 heterocycles. The number of halogens is 1. The molecule has 2 fully saturated rings. The van der Waals surface area contributed by atoms with Gasteiger partial charge >= 0.3 is 5.97 Å². The van der Waals surface area contributed by atoms with Crippen LogP contribution in [0.25, 0.3) is 0 Å². The first-order chi connectivity index (χ1) is 18.8. The fourth-order valence-corrected chi connectivity index (χ4v) is 9.01. The second kappa shape index (κ2) is 11.3. The highest BCUT2D eigenvalue weighted by molar-refractivity contribution is 8.02. The molecule has 210 valence electrons. The second-order valence-corrected chi connectivity index (χ2v) is 13.0. The number of aliphatic hydroxyl groups is 1. The van der Waals surface area contributed by atoms with Gasteiger partial charge in [-0.05, 0) is 43.7 Å². The van der Waals surface area contributed by atoms with E-state index in [9.17, 15) is 19.5 Å². The molecule has 39 heavy (non-hydrogen) atoms. The third kappa shape index (κ3) is 4.62. The molecule has 0 bridgehead atoms. The van der Waals surface area contributed by atoms with Crippen molar-refractivity contribution in [2.45, 2.75) is 68.5 Å². The normalized spacial score (nSPS) is 33.1. The van der Waals surface area contributed by atoms with Gasteiger partial charge in [0.05, 0.1) is 46.5 Å². The molecule has 7 atom stereocenters. The number of anilines is 1. The number of rotatable bonds is 5. The largest absolute Gasteiger partial charge is 0.465 e. The molecule has 1 unspecified atom stereocenters. The maximum Gasteiger partial charge on any atom is 0.311 e. The van der Waals surface area contributed by atoms with Crippen molar-refractivity contribution in [2.24, 2.45) is 17.8 Å². The summed E-state index contributed by atoms with van der Waals surface area (Å²) in [4.78, 5) is 46.0. The number of aryl methyl sites for hydroxylation is 1. The predicted octanol–water partition coefficient (Wildman–Crippen LogP) is 4.54. The number of hydrogen-bond donors (Lipinski definition) is 1. The van der Waals surface area contributed by atoms with Gasteiger partial charge in [0.2, 0.25) is 5.91 Å². The van der Waals surface area contributed by atoms with E-state index in [-0.39, 0.29) is 35.6 Å². The topological polar surface area (TPSA) is 87.2 Å².